The summed E-state index contributed by atoms with van der Waals surface area (Å²) in [6.45, 7) is 0. The minimum absolute atomic E-state index is 0.00688. The second kappa shape index (κ2) is 13.0. The third-order valence-corrected chi connectivity index (χ3v) is 7.56. The van der Waals surface area contributed by atoms with E-state index in [9.17, 15) is 38.5 Å². The van der Waals surface area contributed by atoms with Crippen LogP contribution in [0.2, 0.25) is 0 Å². The number of phenolic OH excluding ortho intramolecular Hbond substituents is 2. The Morgan fingerprint density at radius 1 is 0.909 bits per heavy atom. The number of methoxy groups -OCH3 is 2. The lowest BCUT2D eigenvalue weighted by atomic mass is 9.95. The molecule has 0 bridgehead atoms. The van der Waals surface area contributed by atoms with Crippen LogP contribution in [0.4, 0.5) is 0 Å². The van der Waals surface area contributed by atoms with Crippen molar-refractivity contribution < 1.29 is 51.5 Å². The van der Waals surface area contributed by atoms with Gasteiger partial charge < -0.3 is 29.4 Å². The van der Waals surface area contributed by atoms with E-state index >= 15 is 0 Å². The molecule has 3 aromatic rings. The van der Waals surface area contributed by atoms with E-state index in [0.717, 1.165) is 18.2 Å². The molecule has 0 aromatic heterocycles. The number of nitrogens with zero attached hydrogens (tertiary/aromatic N) is 2. The summed E-state index contributed by atoms with van der Waals surface area (Å²) in [6.07, 6.45) is 3.51. The molecule has 1 aliphatic carbocycles. The Labute approximate surface area is 251 Å². The van der Waals surface area contributed by atoms with E-state index in [1.165, 1.54) is 81.0 Å². The number of ether oxygens (including phenoxy) is 2. The molecule has 0 fully saturated rings. The molecule has 3 aromatic carbocycles. The van der Waals surface area contributed by atoms with Crippen LogP contribution in [-0.2, 0) is 23.9 Å². The van der Waals surface area contributed by atoms with Gasteiger partial charge >= 0.3 is 15.8 Å². The maximum atomic E-state index is 13.6. The largest absolute Gasteiger partial charge is 0.504 e. The first-order valence-corrected chi connectivity index (χ1v) is 14.1. The highest BCUT2D eigenvalue weighted by atomic mass is 32.2. The lowest BCUT2D eigenvalue weighted by Gasteiger charge is -2.17. The molecular formula is C31H24N2O10S. The van der Waals surface area contributed by atoms with Crippen molar-refractivity contribution in [2.24, 2.45) is 0 Å². The topological polar surface area (TPSA) is 190 Å². The zero-order valence-electron chi connectivity index (χ0n) is 23.3. The van der Waals surface area contributed by atoms with Crippen molar-refractivity contribution in [3.8, 4) is 23.0 Å². The van der Waals surface area contributed by atoms with Gasteiger partial charge in [-0.2, -0.15) is 13.2 Å². The Bertz CT molecular complexity index is 1930. The van der Waals surface area contributed by atoms with Crippen LogP contribution in [0.3, 0.4) is 0 Å². The van der Waals surface area contributed by atoms with Gasteiger partial charge in [-0.25, -0.2) is 0 Å². The predicted molar refractivity (Wildman–Crippen MR) is 158 cm³/mol. The summed E-state index contributed by atoms with van der Waals surface area (Å²) in [4.78, 5) is 40.5. The maximum Gasteiger partial charge on any atom is 0.364 e. The normalized spacial score (nSPS) is 13.1. The first-order valence-electron chi connectivity index (χ1n) is 12.7. The number of rotatable bonds is 11. The highest BCUT2D eigenvalue weighted by Gasteiger charge is 2.36. The van der Waals surface area contributed by atoms with E-state index in [2.05, 4.69) is 4.79 Å². The van der Waals surface area contributed by atoms with Crippen molar-refractivity contribution in [2.75, 3.05) is 14.2 Å². The van der Waals surface area contributed by atoms with Crippen LogP contribution in [-0.4, -0.2) is 60.7 Å². The average Bonchev–Trinajstić information content (AvgIpc) is 3.00. The van der Waals surface area contributed by atoms with Crippen molar-refractivity contribution in [1.29, 1.82) is 0 Å². The summed E-state index contributed by atoms with van der Waals surface area (Å²) < 4.78 is 42.7. The molecule has 0 saturated heterocycles. The Balaban J connectivity index is 1.68. The molecule has 44 heavy (non-hydrogen) atoms. The van der Waals surface area contributed by atoms with Crippen molar-refractivity contribution in [3.05, 3.63) is 107 Å². The maximum absolute atomic E-state index is 13.6. The molecule has 0 amide bonds. The van der Waals surface area contributed by atoms with Crippen molar-refractivity contribution in [3.63, 3.8) is 0 Å². The average molecular weight is 617 g/mol. The van der Waals surface area contributed by atoms with Crippen LogP contribution >= 0.6 is 0 Å². The van der Waals surface area contributed by atoms with Gasteiger partial charge in [0.1, 0.15) is 4.91 Å². The van der Waals surface area contributed by atoms with Crippen LogP contribution in [0.1, 0.15) is 33.5 Å². The number of carbonyl (C=O) groups is 3. The summed E-state index contributed by atoms with van der Waals surface area (Å²) in [5.74, 6) is -2.94. The smallest absolute Gasteiger partial charge is 0.364 e. The zero-order chi connectivity index (χ0) is 32.0. The third kappa shape index (κ3) is 6.81. The number of hydrogen-bond acceptors (Lipinski definition) is 10. The second-order valence-electron chi connectivity index (χ2n) is 9.18. The van der Waals surface area contributed by atoms with E-state index in [1.54, 1.807) is 0 Å². The number of ketones is 3. The van der Waals surface area contributed by atoms with E-state index in [0.29, 0.717) is 5.56 Å². The number of benzene rings is 3. The fourth-order valence-electron chi connectivity index (χ4n) is 4.15. The SMILES string of the molecule is COc1cc(C=CC(=O)CC(=O)C=C(OS(=O)(=O)C2=CC(=[N+]=[N-])C(=O)c3ccccc32)c2ccc(O)c(OC)c2)ccc1O. The van der Waals surface area contributed by atoms with E-state index in [-0.39, 0.29) is 39.7 Å². The van der Waals surface area contributed by atoms with E-state index in [1.807, 2.05) is 0 Å². The molecule has 0 spiro atoms. The summed E-state index contributed by atoms with van der Waals surface area (Å²) in [7, 11) is -2.18. The molecule has 12 nitrogen and oxygen atoms in total. The van der Waals surface area contributed by atoms with Crippen LogP contribution in [0, 0.1) is 0 Å². The van der Waals surface area contributed by atoms with Crippen LogP contribution in [0.15, 0.2) is 78.9 Å². The molecule has 4 rings (SSSR count). The highest BCUT2D eigenvalue weighted by molar-refractivity contribution is 7.96. The fraction of sp³-hybridized carbons (Fsp3) is 0.0968. The van der Waals surface area contributed by atoms with Gasteiger partial charge in [-0.15, -0.1) is 0 Å². The highest BCUT2D eigenvalue weighted by Crippen LogP contribution is 2.35. The van der Waals surface area contributed by atoms with Crippen LogP contribution in [0.5, 0.6) is 23.0 Å². The molecule has 0 radical (unpaired) electrons. The number of hydrogen-bond donors (Lipinski definition) is 2. The van der Waals surface area contributed by atoms with Crippen molar-refractivity contribution in [2.45, 2.75) is 6.42 Å². The molecule has 0 heterocycles. The van der Waals surface area contributed by atoms with E-state index < -0.39 is 50.3 Å². The quantitative estimate of drug-likeness (QED) is 0.0796. The van der Waals surface area contributed by atoms with Gasteiger partial charge in [0, 0.05) is 22.8 Å². The number of carbonyl (C=O) groups excluding carboxylic acids is 3. The van der Waals surface area contributed by atoms with E-state index in [4.69, 9.17) is 13.7 Å². The molecule has 0 unspecified atom stereocenters. The van der Waals surface area contributed by atoms with Gasteiger partial charge in [-0.05, 0) is 42.0 Å². The Kier molecular flexibility index (Phi) is 9.23. The summed E-state index contributed by atoms with van der Waals surface area (Å²) >= 11 is 0. The standard InChI is InChI=1S/C31H24N2O10S/c1-41-28-13-18(8-11-25(28)36)7-10-20(34)15-21(35)16-27(19-9-12-26(37)29(14-19)42-2)43-44(39,40)30-17-24(33-32)31(38)23-6-4-3-5-22(23)30/h3-14,16-17,36-37H,15H2,1-2H3. The van der Waals surface area contributed by atoms with Crippen molar-refractivity contribution >= 4 is 49.9 Å². The molecule has 0 atom stereocenters. The van der Waals surface area contributed by atoms with Crippen LogP contribution < -0.4 is 9.47 Å². The van der Waals surface area contributed by atoms with Gasteiger partial charge in [0.05, 0.1) is 26.7 Å². The zero-order valence-corrected chi connectivity index (χ0v) is 24.1. The lowest BCUT2D eigenvalue weighted by Crippen LogP contribution is -2.23. The fourth-order valence-corrected chi connectivity index (χ4v) is 5.32. The molecule has 2 N–H and O–H groups in total. The minimum Gasteiger partial charge on any atom is -0.504 e. The Hall–Kier alpha value is -5.78. The molecule has 224 valence electrons. The third-order valence-electron chi connectivity index (χ3n) is 6.28. The number of phenols is 2. The number of aromatic hydroxyl groups is 2. The predicted octanol–water partition coefficient (Wildman–Crippen LogP) is 3.95. The number of Topliss-reactive ketones (excluding diaryl/α,β-unsaturated/α-hetero) is 1. The molecule has 13 heteroatoms. The molecule has 1 aliphatic rings. The first-order chi connectivity index (χ1) is 21.0. The van der Waals surface area contributed by atoms with Gasteiger partial charge in [0.2, 0.25) is 0 Å². The number of allylic oxidation sites excluding steroid dienone is 3. The molecule has 0 aliphatic heterocycles. The number of fused-ring (bicyclic) bond motifs is 1. The molecule has 0 saturated carbocycles. The lowest BCUT2D eigenvalue weighted by molar-refractivity contribution is -0.121. The van der Waals surface area contributed by atoms with Crippen molar-refractivity contribution in [1.82, 2.24) is 0 Å². The Morgan fingerprint density at radius 2 is 1.55 bits per heavy atom. The van der Waals surface area contributed by atoms with Gasteiger partial charge in [0.25, 0.3) is 5.78 Å². The Morgan fingerprint density at radius 3 is 2.20 bits per heavy atom. The summed E-state index contributed by atoms with van der Waals surface area (Å²) in [5, 5.41) is 19.8. The monoisotopic (exact) mass is 616 g/mol. The first kappa shape index (κ1) is 31.2. The molecular weight excluding hydrogens is 592 g/mol. The minimum atomic E-state index is -4.81. The summed E-state index contributed by atoms with van der Waals surface area (Å²) in [6, 6.07) is 13.8. The summed E-state index contributed by atoms with van der Waals surface area (Å²) in [5.41, 5.74) is 9.18. The van der Waals surface area contributed by atoms with Gasteiger partial charge in [0.15, 0.2) is 40.3 Å². The van der Waals surface area contributed by atoms with Gasteiger partial charge in [-0.1, -0.05) is 36.4 Å². The second-order valence-corrected chi connectivity index (χ2v) is 10.7. The van der Waals surface area contributed by atoms with Gasteiger partial charge in [-0.3, -0.25) is 14.4 Å². The van der Waals surface area contributed by atoms with Crippen LogP contribution in [0.25, 0.3) is 22.3 Å².